The Balaban J connectivity index is 1.74. The standard InChI is InChI=1S/C27H34N6O4/c1-18(2)10-13-31-23-24(29-26(31)30-12-6-9-20(28)15-30)33(21-11-14-37-17-21)27(36)32(25(23)35)16-22(34)19-7-4-3-5-8-19/h3-5,7-8,10,20-21H,6,9,11-17,28H2,1-2H3. The summed E-state index contributed by atoms with van der Waals surface area (Å²) in [5.74, 6) is 0.324. The molecule has 0 amide bonds. The summed E-state index contributed by atoms with van der Waals surface area (Å²) >= 11 is 0. The minimum atomic E-state index is -0.536. The summed E-state index contributed by atoms with van der Waals surface area (Å²) in [4.78, 5) is 47.8. The lowest BCUT2D eigenvalue weighted by molar-refractivity contribution is 0.0968. The lowest BCUT2D eigenvalue weighted by Gasteiger charge is -2.31. The maximum Gasteiger partial charge on any atom is 0.333 e. The summed E-state index contributed by atoms with van der Waals surface area (Å²) in [6.45, 7) is 6.33. The van der Waals surface area contributed by atoms with Crippen molar-refractivity contribution in [3.05, 3.63) is 68.4 Å². The van der Waals surface area contributed by atoms with Crippen LogP contribution >= 0.6 is 0 Å². The number of allylic oxidation sites excluding steroid dienone is 2. The van der Waals surface area contributed by atoms with Crippen LogP contribution in [0.2, 0.25) is 0 Å². The molecule has 2 unspecified atom stereocenters. The van der Waals surface area contributed by atoms with Gasteiger partial charge in [-0.15, -0.1) is 0 Å². The third kappa shape index (κ3) is 4.91. The molecule has 3 aromatic rings. The molecule has 2 atom stereocenters. The molecular formula is C27H34N6O4. The summed E-state index contributed by atoms with van der Waals surface area (Å²) in [5.41, 5.74) is 7.44. The fourth-order valence-corrected chi connectivity index (χ4v) is 5.18. The minimum absolute atomic E-state index is 0.0102. The molecule has 5 rings (SSSR count). The Morgan fingerprint density at radius 2 is 1.95 bits per heavy atom. The van der Waals surface area contributed by atoms with Gasteiger partial charge in [0.2, 0.25) is 5.95 Å². The minimum Gasteiger partial charge on any atom is -0.379 e. The van der Waals surface area contributed by atoms with Gasteiger partial charge in [-0.2, -0.15) is 4.98 Å². The Kier molecular flexibility index (Phi) is 7.12. The van der Waals surface area contributed by atoms with Gasteiger partial charge in [0.05, 0.1) is 19.2 Å². The zero-order valence-electron chi connectivity index (χ0n) is 21.4. The topological polar surface area (TPSA) is 117 Å². The number of aromatic nitrogens is 4. The first-order valence-electron chi connectivity index (χ1n) is 12.9. The van der Waals surface area contributed by atoms with Crippen molar-refractivity contribution in [2.75, 3.05) is 31.2 Å². The van der Waals surface area contributed by atoms with E-state index >= 15 is 0 Å². The van der Waals surface area contributed by atoms with Gasteiger partial charge in [0.25, 0.3) is 5.56 Å². The summed E-state index contributed by atoms with van der Waals surface area (Å²) in [6.07, 6.45) is 4.52. The molecule has 0 saturated carbocycles. The molecule has 0 radical (unpaired) electrons. The van der Waals surface area contributed by atoms with Crippen LogP contribution in [-0.2, 0) is 17.8 Å². The van der Waals surface area contributed by atoms with Gasteiger partial charge in [-0.3, -0.25) is 18.7 Å². The highest BCUT2D eigenvalue weighted by molar-refractivity contribution is 5.96. The van der Waals surface area contributed by atoms with Crippen molar-refractivity contribution in [3.8, 4) is 0 Å². The Bertz CT molecular complexity index is 1440. The molecular weight excluding hydrogens is 472 g/mol. The van der Waals surface area contributed by atoms with E-state index in [-0.39, 0.29) is 24.4 Å². The van der Waals surface area contributed by atoms with Gasteiger partial charge in [0.15, 0.2) is 16.9 Å². The molecule has 1 aromatic carbocycles. The van der Waals surface area contributed by atoms with Crippen LogP contribution in [0.25, 0.3) is 11.2 Å². The van der Waals surface area contributed by atoms with E-state index in [4.69, 9.17) is 15.5 Å². The van der Waals surface area contributed by atoms with Crippen molar-refractivity contribution in [2.45, 2.75) is 58.3 Å². The molecule has 10 nitrogen and oxygen atoms in total. The van der Waals surface area contributed by atoms with Crippen molar-refractivity contribution in [3.63, 3.8) is 0 Å². The average Bonchev–Trinajstić information content (AvgIpc) is 3.54. The van der Waals surface area contributed by atoms with Gasteiger partial charge < -0.3 is 19.9 Å². The van der Waals surface area contributed by atoms with Gasteiger partial charge >= 0.3 is 5.69 Å². The van der Waals surface area contributed by atoms with Gasteiger partial charge in [-0.1, -0.05) is 42.0 Å². The number of ketones is 1. The predicted octanol–water partition coefficient (Wildman–Crippen LogP) is 2.10. The number of nitrogens with two attached hydrogens (primary N) is 1. The largest absolute Gasteiger partial charge is 0.379 e. The van der Waals surface area contributed by atoms with E-state index in [9.17, 15) is 14.4 Å². The van der Waals surface area contributed by atoms with Crippen molar-refractivity contribution >= 4 is 22.9 Å². The number of fused-ring (bicyclic) bond motifs is 1. The first-order chi connectivity index (χ1) is 17.8. The van der Waals surface area contributed by atoms with Gasteiger partial charge in [0, 0.05) is 37.8 Å². The highest BCUT2D eigenvalue weighted by Gasteiger charge is 2.30. The maximum atomic E-state index is 14.0. The molecule has 0 aliphatic carbocycles. The number of ether oxygens (including phenoxy) is 1. The predicted molar refractivity (Wildman–Crippen MR) is 142 cm³/mol. The van der Waals surface area contributed by atoms with E-state index in [1.54, 1.807) is 28.8 Å². The number of Topliss-reactive ketones (excluding diaryl/α,β-unsaturated/α-hetero) is 1. The van der Waals surface area contributed by atoms with Gasteiger partial charge in [0.1, 0.15) is 0 Å². The van der Waals surface area contributed by atoms with E-state index in [2.05, 4.69) is 4.90 Å². The normalized spacial score (nSPS) is 19.9. The molecule has 2 N–H and O–H groups in total. The summed E-state index contributed by atoms with van der Waals surface area (Å²) < 4.78 is 10.1. The molecule has 2 aromatic heterocycles. The highest BCUT2D eigenvalue weighted by Crippen LogP contribution is 2.27. The van der Waals surface area contributed by atoms with E-state index in [0.717, 1.165) is 29.5 Å². The number of carbonyl (C=O) groups is 1. The number of nitrogens with zero attached hydrogens (tertiary/aromatic N) is 5. The van der Waals surface area contributed by atoms with Crippen molar-refractivity contribution < 1.29 is 9.53 Å². The average molecular weight is 507 g/mol. The molecule has 10 heteroatoms. The second kappa shape index (κ2) is 10.5. The Hall–Kier alpha value is -3.50. The molecule has 0 bridgehead atoms. The molecule has 2 aliphatic heterocycles. The van der Waals surface area contributed by atoms with Crippen LogP contribution in [0, 0.1) is 0 Å². The van der Waals surface area contributed by atoms with Crippen LogP contribution in [-0.4, -0.2) is 56.8 Å². The van der Waals surface area contributed by atoms with Crippen molar-refractivity contribution in [1.82, 2.24) is 18.7 Å². The number of hydrogen-bond donors (Lipinski definition) is 1. The first kappa shape index (κ1) is 25.2. The van der Waals surface area contributed by atoms with E-state index < -0.39 is 11.2 Å². The molecule has 4 heterocycles. The number of piperidine rings is 1. The summed E-state index contributed by atoms with van der Waals surface area (Å²) in [6, 6.07) is 8.46. The highest BCUT2D eigenvalue weighted by atomic mass is 16.5. The number of hydrogen-bond acceptors (Lipinski definition) is 7. The number of benzene rings is 1. The number of anilines is 1. The fraction of sp³-hybridized carbons (Fsp3) is 0.481. The Morgan fingerprint density at radius 3 is 2.62 bits per heavy atom. The maximum absolute atomic E-state index is 14.0. The molecule has 2 fully saturated rings. The van der Waals surface area contributed by atoms with Gasteiger partial charge in [-0.25, -0.2) is 4.79 Å². The van der Waals surface area contributed by atoms with Crippen LogP contribution < -0.4 is 21.9 Å². The fourth-order valence-electron chi connectivity index (χ4n) is 5.18. The van der Waals surface area contributed by atoms with Crippen LogP contribution in [0.3, 0.4) is 0 Å². The zero-order valence-corrected chi connectivity index (χ0v) is 21.4. The molecule has 196 valence electrons. The monoisotopic (exact) mass is 506 g/mol. The van der Waals surface area contributed by atoms with Crippen LogP contribution in [0.4, 0.5) is 5.95 Å². The lowest BCUT2D eigenvalue weighted by Crippen LogP contribution is -2.44. The van der Waals surface area contributed by atoms with Gasteiger partial charge in [-0.05, 0) is 33.1 Å². The zero-order chi connectivity index (χ0) is 26.1. The van der Waals surface area contributed by atoms with Crippen LogP contribution in [0.5, 0.6) is 0 Å². The van der Waals surface area contributed by atoms with E-state index in [0.29, 0.717) is 55.4 Å². The SMILES string of the molecule is CC(C)=CCn1c(N2CCCC(N)C2)nc2c1c(=O)n(CC(=O)c1ccccc1)c(=O)n2C1CCOC1. The molecule has 2 saturated heterocycles. The van der Waals surface area contributed by atoms with E-state index in [1.165, 1.54) is 0 Å². The Labute approximate surface area is 215 Å². The quantitative estimate of drug-likeness (QED) is 0.385. The number of imidazole rings is 1. The number of carbonyl (C=O) groups excluding carboxylic acids is 1. The van der Waals surface area contributed by atoms with Crippen molar-refractivity contribution in [2.24, 2.45) is 5.73 Å². The third-order valence-electron chi connectivity index (χ3n) is 7.13. The molecule has 37 heavy (non-hydrogen) atoms. The Morgan fingerprint density at radius 1 is 1.16 bits per heavy atom. The second-order valence-corrected chi connectivity index (χ2v) is 10.2. The summed E-state index contributed by atoms with van der Waals surface area (Å²) in [7, 11) is 0. The second-order valence-electron chi connectivity index (χ2n) is 10.2. The van der Waals surface area contributed by atoms with Crippen molar-refractivity contribution in [1.29, 1.82) is 0 Å². The van der Waals surface area contributed by atoms with E-state index in [1.807, 2.05) is 30.6 Å². The molecule has 2 aliphatic rings. The summed E-state index contributed by atoms with van der Waals surface area (Å²) in [5, 5.41) is 0. The smallest absolute Gasteiger partial charge is 0.333 e. The first-order valence-corrected chi connectivity index (χ1v) is 12.9. The molecule has 0 spiro atoms. The van der Waals surface area contributed by atoms with Crippen LogP contribution in [0.1, 0.15) is 49.5 Å². The third-order valence-corrected chi connectivity index (χ3v) is 7.13. The lowest BCUT2D eigenvalue weighted by atomic mass is 10.1. The number of rotatable bonds is 7. The van der Waals surface area contributed by atoms with Crippen LogP contribution in [0.15, 0.2) is 51.6 Å².